The van der Waals surface area contributed by atoms with E-state index in [0.29, 0.717) is 38.2 Å². The molecule has 1 fully saturated rings. The molecule has 0 aliphatic heterocycles. The zero-order valence-electron chi connectivity index (χ0n) is 13.1. The second kappa shape index (κ2) is 9.12. The second-order valence-corrected chi connectivity index (χ2v) is 5.46. The Labute approximate surface area is 126 Å². The van der Waals surface area contributed by atoms with Crippen LogP contribution in [0.2, 0.25) is 0 Å². The van der Waals surface area contributed by atoms with Crippen molar-refractivity contribution in [2.45, 2.75) is 51.0 Å². The lowest BCUT2D eigenvalue weighted by atomic mass is 9.84. The van der Waals surface area contributed by atoms with Gasteiger partial charge in [0, 0.05) is 19.6 Å². The van der Waals surface area contributed by atoms with Crippen molar-refractivity contribution in [1.29, 1.82) is 0 Å². The van der Waals surface area contributed by atoms with Crippen LogP contribution in [0.25, 0.3) is 0 Å². The summed E-state index contributed by atoms with van der Waals surface area (Å²) in [5.74, 6) is 1.88. The van der Waals surface area contributed by atoms with Crippen LogP contribution in [0.15, 0.2) is 4.52 Å². The van der Waals surface area contributed by atoms with Crippen LogP contribution >= 0.6 is 0 Å². The largest absolute Gasteiger partial charge is 0.382 e. The molecule has 1 heterocycles. The number of methoxy groups -OCH3 is 1. The predicted octanol–water partition coefficient (Wildman–Crippen LogP) is 1.91. The van der Waals surface area contributed by atoms with Gasteiger partial charge in [0.2, 0.25) is 5.89 Å². The Hall–Kier alpha value is -0.980. The Morgan fingerprint density at radius 1 is 1.24 bits per heavy atom. The molecule has 2 rings (SSSR count). The summed E-state index contributed by atoms with van der Waals surface area (Å²) in [6.45, 7) is 4.94. The van der Waals surface area contributed by atoms with Crippen LogP contribution in [0, 0.1) is 0 Å². The highest BCUT2D eigenvalue weighted by atomic mass is 16.5. The van der Waals surface area contributed by atoms with Crippen molar-refractivity contribution in [1.82, 2.24) is 15.5 Å². The predicted molar refractivity (Wildman–Crippen MR) is 79.4 cm³/mol. The highest BCUT2D eigenvalue weighted by Gasteiger charge is 2.30. The van der Waals surface area contributed by atoms with Gasteiger partial charge in [0.1, 0.15) is 0 Å². The first-order valence-electron chi connectivity index (χ1n) is 7.97. The number of ether oxygens (including phenoxy) is 2. The van der Waals surface area contributed by atoms with Gasteiger partial charge in [-0.2, -0.15) is 4.98 Å². The number of nitrogens with one attached hydrogen (secondary N) is 1. The molecule has 6 heteroatoms. The smallest absolute Gasteiger partial charge is 0.231 e. The van der Waals surface area contributed by atoms with Gasteiger partial charge in [-0.25, -0.2) is 0 Å². The van der Waals surface area contributed by atoms with Crippen molar-refractivity contribution >= 4 is 0 Å². The number of hydrogen-bond donors (Lipinski definition) is 1. The van der Waals surface area contributed by atoms with Crippen LogP contribution < -0.4 is 5.32 Å². The summed E-state index contributed by atoms with van der Waals surface area (Å²) in [5, 5.41) is 7.62. The molecule has 0 radical (unpaired) electrons. The van der Waals surface area contributed by atoms with E-state index in [1.165, 1.54) is 19.3 Å². The van der Waals surface area contributed by atoms with Crippen LogP contribution in [-0.4, -0.2) is 49.7 Å². The topological polar surface area (TPSA) is 69.4 Å². The van der Waals surface area contributed by atoms with E-state index in [2.05, 4.69) is 22.4 Å². The molecule has 120 valence electrons. The number of aromatic nitrogens is 2. The zero-order chi connectivity index (χ0) is 14.9. The van der Waals surface area contributed by atoms with Gasteiger partial charge < -0.3 is 19.3 Å². The first-order chi connectivity index (χ1) is 10.3. The number of hydrogen-bond acceptors (Lipinski definition) is 6. The van der Waals surface area contributed by atoms with Gasteiger partial charge in [-0.3, -0.25) is 0 Å². The van der Waals surface area contributed by atoms with E-state index in [1.807, 2.05) is 0 Å². The molecule has 0 saturated heterocycles. The Balaban J connectivity index is 1.83. The van der Waals surface area contributed by atoms with E-state index in [1.54, 1.807) is 7.11 Å². The van der Waals surface area contributed by atoms with Crippen LogP contribution in [0.1, 0.15) is 50.2 Å². The summed E-state index contributed by atoms with van der Waals surface area (Å²) >= 11 is 0. The van der Waals surface area contributed by atoms with Gasteiger partial charge in [0.05, 0.1) is 25.7 Å². The van der Waals surface area contributed by atoms with Gasteiger partial charge in [0.15, 0.2) is 5.82 Å². The summed E-state index contributed by atoms with van der Waals surface area (Å²) in [4.78, 5) is 4.56. The highest BCUT2D eigenvalue weighted by Crippen LogP contribution is 2.32. The SMILES string of the molecule is CCNC1CCCCC1c1nc(CCOCCOC)no1. The lowest BCUT2D eigenvalue weighted by Crippen LogP contribution is -2.37. The van der Waals surface area contributed by atoms with E-state index >= 15 is 0 Å². The zero-order valence-corrected chi connectivity index (χ0v) is 13.1. The van der Waals surface area contributed by atoms with Crippen molar-refractivity contribution in [3.8, 4) is 0 Å². The molecule has 1 aromatic rings. The fourth-order valence-corrected chi connectivity index (χ4v) is 2.86. The summed E-state index contributed by atoms with van der Waals surface area (Å²) in [6, 6.07) is 0.468. The third-order valence-corrected chi connectivity index (χ3v) is 3.94. The van der Waals surface area contributed by atoms with Gasteiger partial charge in [-0.05, 0) is 19.4 Å². The Morgan fingerprint density at radius 2 is 2.10 bits per heavy atom. The van der Waals surface area contributed by atoms with Crippen LogP contribution in [0.4, 0.5) is 0 Å². The lowest BCUT2D eigenvalue weighted by molar-refractivity contribution is 0.0714. The van der Waals surface area contributed by atoms with Crippen molar-refractivity contribution in [3.63, 3.8) is 0 Å². The monoisotopic (exact) mass is 297 g/mol. The maximum Gasteiger partial charge on any atom is 0.231 e. The molecule has 0 bridgehead atoms. The Bertz CT molecular complexity index is 395. The van der Waals surface area contributed by atoms with Crippen molar-refractivity contribution in [2.24, 2.45) is 0 Å². The Kier molecular flexibility index (Phi) is 7.12. The first-order valence-corrected chi connectivity index (χ1v) is 7.97. The van der Waals surface area contributed by atoms with Crippen molar-refractivity contribution in [3.05, 3.63) is 11.7 Å². The molecule has 21 heavy (non-hydrogen) atoms. The quantitative estimate of drug-likeness (QED) is 0.702. The standard InChI is InChI=1S/C15H27N3O3/c1-3-16-13-7-5-4-6-12(13)15-17-14(18-21-15)8-9-20-11-10-19-2/h12-13,16H,3-11H2,1-2H3. The van der Waals surface area contributed by atoms with Gasteiger partial charge >= 0.3 is 0 Å². The third kappa shape index (κ3) is 5.05. The minimum Gasteiger partial charge on any atom is -0.382 e. The second-order valence-electron chi connectivity index (χ2n) is 5.46. The summed E-state index contributed by atoms with van der Waals surface area (Å²) < 4.78 is 15.8. The van der Waals surface area contributed by atoms with E-state index in [9.17, 15) is 0 Å². The first kappa shape index (κ1) is 16.4. The summed E-state index contributed by atoms with van der Waals surface area (Å²) in [7, 11) is 1.67. The normalized spacial score (nSPS) is 22.6. The molecule has 1 saturated carbocycles. The molecule has 2 atom stereocenters. The molecule has 1 aromatic heterocycles. The number of likely N-dealkylation sites (N-methyl/N-ethyl adjacent to an activating group) is 1. The molecule has 1 aliphatic carbocycles. The molecule has 2 unspecified atom stereocenters. The van der Waals surface area contributed by atoms with E-state index < -0.39 is 0 Å². The van der Waals surface area contributed by atoms with E-state index in [4.69, 9.17) is 14.0 Å². The summed E-state index contributed by atoms with van der Waals surface area (Å²) in [5.41, 5.74) is 0. The fourth-order valence-electron chi connectivity index (χ4n) is 2.86. The van der Waals surface area contributed by atoms with Crippen LogP contribution in [-0.2, 0) is 15.9 Å². The molecule has 0 amide bonds. The van der Waals surface area contributed by atoms with Crippen molar-refractivity contribution < 1.29 is 14.0 Å². The Morgan fingerprint density at radius 3 is 2.90 bits per heavy atom. The molecule has 0 spiro atoms. The minimum absolute atomic E-state index is 0.356. The molecular formula is C15H27N3O3. The van der Waals surface area contributed by atoms with Crippen LogP contribution in [0.5, 0.6) is 0 Å². The van der Waals surface area contributed by atoms with E-state index in [0.717, 1.165) is 24.7 Å². The summed E-state index contributed by atoms with van der Waals surface area (Å²) in [6.07, 6.45) is 5.53. The molecular weight excluding hydrogens is 270 g/mol. The molecule has 0 aromatic carbocycles. The van der Waals surface area contributed by atoms with Gasteiger partial charge in [-0.15, -0.1) is 0 Å². The maximum atomic E-state index is 5.48. The minimum atomic E-state index is 0.356. The lowest BCUT2D eigenvalue weighted by Gasteiger charge is -2.29. The average molecular weight is 297 g/mol. The van der Waals surface area contributed by atoms with Crippen molar-refractivity contribution in [2.75, 3.05) is 33.5 Å². The number of rotatable bonds is 9. The van der Waals surface area contributed by atoms with Crippen LogP contribution in [0.3, 0.4) is 0 Å². The fraction of sp³-hybridized carbons (Fsp3) is 0.867. The number of nitrogens with zero attached hydrogens (tertiary/aromatic N) is 2. The third-order valence-electron chi connectivity index (χ3n) is 3.94. The average Bonchev–Trinajstić information content (AvgIpc) is 2.97. The molecule has 1 aliphatic rings. The van der Waals surface area contributed by atoms with Gasteiger partial charge in [0.25, 0.3) is 0 Å². The van der Waals surface area contributed by atoms with E-state index in [-0.39, 0.29) is 0 Å². The molecule has 1 N–H and O–H groups in total. The maximum absolute atomic E-state index is 5.48. The van der Waals surface area contributed by atoms with Gasteiger partial charge in [-0.1, -0.05) is 24.9 Å². The molecule has 6 nitrogen and oxygen atoms in total. The highest BCUT2D eigenvalue weighted by molar-refractivity contribution is 5.01.